The highest BCUT2D eigenvalue weighted by Gasteiger charge is 2.23. The molecule has 2 aromatic rings. The van der Waals surface area contributed by atoms with Gasteiger partial charge in [-0.3, -0.25) is 0 Å². The van der Waals surface area contributed by atoms with E-state index in [-0.39, 0.29) is 5.82 Å². The number of halogens is 3. The largest absolute Gasteiger partial charge is 0.495 e. The molecule has 0 bridgehead atoms. The highest BCUT2D eigenvalue weighted by Crippen LogP contribution is 2.43. The van der Waals surface area contributed by atoms with Crippen LogP contribution in [-0.4, -0.2) is 14.2 Å². The number of hydrogen-bond donors (Lipinski definition) is 0. The summed E-state index contributed by atoms with van der Waals surface area (Å²) in [5.41, 5.74) is 1.52. The third-order valence-electron chi connectivity index (χ3n) is 3.28. The predicted molar refractivity (Wildman–Crippen MR) is 83.4 cm³/mol. The van der Waals surface area contributed by atoms with Crippen molar-refractivity contribution < 1.29 is 13.9 Å². The molecule has 0 aromatic heterocycles. The second-order valence-corrected chi connectivity index (χ2v) is 5.36. The molecule has 0 amide bonds. The van der Waals surface area contributed by atoms with Gasteiger partial charge in [0.2, 0.25) is 0 Å². The molecule has 2 nitrogen and oxygen atoms in total. The summed E-state index contributed by atoms with van der Waals surface area (Å²) in [6.07, 6.45) is 0. The van der Waals surface area contributed by atoms with Crippen LogP contribution in [0.15, 0.2) is 30.3 Å². The Hall–Kier alpha value is -1.45. The van der Waals surface area contributed by atoms with E-state index in [1.54, 1.807) is 37.3 Å². The maximum absolute atomic E-state index is 14.2. The number of benzene rings is 2. The Bertz CT molecular complexity index is 659. The van der Waals surface area contributed by atoms with Crippen molar-refractivity contribution in [3.63, 3.8) is 0 Å². The molecule has 0 heterocycles. The summed E-state index contributed by atoms with van der Waals surface area (Å²) in [6.45, 7) is 1.70. The minimum absolute atomic E-state index is 0.316. The van der Waals surface area contributed by atoms with Crippen LogP contribution in [0.1, 0.15) is 22.1 Å². The molecular weight excluding hydrogens is 314 g/mol. The number of alkyl halides is 1. The average Bonchev–Trinajstić information content (AvgIpc) is 2.49. The zero-order chi connectivity index (χ0) is 15.6. The van der Waals surface area contributed by atoms with Gasteiger partial charge < -0.3 is 9.47 Å². The molecular formula is C16H15Cl2FO2. The first-order valence-corrected chi connectivity index (χ1v) is 7.12. The van der Waals surface area contributed by atoms with Crippen LogP contribution >= 0.6 is 23.2 Å². The number of methoxy groups -OCH3 is 2. The maximum atomic E-state index is 14.2. The first kappa shape index (κ1) is 15.9. The topological polar surface area (TPSA) is 18.5 Å². The zero-order valence-corrected chi connectivity index (χ0v) is 13.4. The van der Waals surface area contributed by atoms with Gasteiger partial charge in [0.05, 0.1) is 19.6 Å². The molecule has 112 valence electrons. The van der Waals surface area contributed by atoms with Gasteiger partial charge in [0.15, 0.2) is 0 Å². The summed E-state index contributed by atoms with van der Waals surface area (Å²) in [6, 6.07) is 8.52. The zero-order valence-electron chi connectivity index (χ0n) is 11.9. The van der Waals surface area contributed by atoms with Gasteiger partial charge >= 0.3 is 0 Å². The first-order chi connectivity index (χ1) is 10.0. The van der Waals surface area contributed by atoms with Crippen molar-refractivity contribution in [2.75, 3.05) is 14.2 Å². The number of ether oxygens (including phenoxy) is 2. The SMILES string of the molecule is COc1ccc(C(Cl)c2cccc(C)c2F)c(OC)c1Cl. The van der Waals surface area contributed by atoms with Crippen molar-refractivity contribution >= 4 is 23.2 Å². The van der Waals surface area contributed by atoms with Gasteiger partial charge in [-0.25, -0.2) is 4.39 Å². The number of hydrogen-bond acceptors (Lipinski definition) is 2. The maximum Gasteiger partial charge on any atom is 0.146 e. The lowest BCUT2D eigenvalue weighted by molar-refractivity contribution is 0.391. The fraction of sp³-hybridized carbons (Fsp3) is 0.250. The lowest BCUT2D eigenvalue weighted by Gasteiger charge is -2.18. The normalized spacial score (nSPS) is 12.1. The number of aryl methyl sites for hydroxylation is 1. The van der Waals surface area contributed by atoms with Crippen molar-refractivity contribution in [3.8, 4) is 11.5 Å². The van der Waals surface area contributed by atoms with Crippen LogP contribution in [-0.2, 0) is 0 Å². The molecule has 0 radical (unpaired) electrons. The average molecular weight is 329 g/mol. The molecule has 0 saturated heterocycles. The van der Waals surface area contributed by atoms with Crippen LogP contribution in [0.2, 0.25) is 5.02 Å². The van der Waals surface area contributed by atoms with E-state index in [9.17, 15) is 4.39 Å². The van der Waals surface area contributed by atoms with Gasteiger partial charge in [-0.05, 0) is 24.6 Å². The molecule has 1 unspecified atom stereocenters. The molecule has 2 rings (SSSR count). The summed E-state index contributed by atoms with van der Waals surface area (Å²) < 4.78 is 24.7. The van der Waals surface area contributed by atoms with E-state index in [1.165, 1.54) is 14.2 Å². The Kier molecular flexibility index (Phi) is 4.96. The van der Waals surface area contributed by atoms with Crippen LogP contribution in [0.25, 0.3) is 0 Å². The monoisotopic (exact) mass is 328 g/mol. The molecule has 0 N–H and O–H groups in total. The second-order valence-electron chi connectivity index (χ2n) is 4.54. The molecule has 5 heteroatoms. The van der Waals surface area contributed by atoms with Crippen LogP contribution in [0.3, 0.4) is 0 Å². The van der Waals surface area contributed by atoms with E-state index in [0.717, 1.165) is 0 Å². The van der Waals surface area contributed by atoms with Crippen molar-refractivity contribution in [1.82, 2.24) is 0 Å². The van der Waals surface area contributed by atoms with Gasteiger partial charge in [-0.2, -0.15) is 0 Å². The van der Waals surface area contributed by atoms with Gasteiger partial charge in [0, 0.05) is 11.1 Å². The Morgan fingerprint density at radius 3 is 2.38 bits per heavy atom. The summed E-state index contributed by atoms with van der Waals surface area (Å²) in [4.78, 5) is 0. The van der Waals surface area contributed by atoms with Gasteiger partial charge in [0.25, 0.3) is 0 Å². The first-order valence-electron chi connectivity index (χ1n) is 6.30. The summed E-state index contributed by atoms with van der Waals surface area (Å²) >= 11 is 12.7. The smallest absolute Gasteiger partial charge is 0.146 e. The van der Waals surface area contributed by atoms with Gasteiger partial charge in [-0.1, -0.05) is 29.8 Å². The predicted octanol–water partition coefficient (Wildman–Crippen LogP) is 5.13. The molecule has 1 atom stereocenters. The van der Waals surface area contributed by atoms with E-state index in [0.29, 0.717) is 33.2 Å². The van der Waals surface area contributed by atoms with Crippen LogP contribution in [0, 0.1) is 12.7 Å². The van der Waals surface area contributed by atoms with Crippen LogP contribution < -0.4 is 9.47 Å². The summed E-state index contributed by atoms with van der Waals surface area (Å²) in [7, 11) is 3.00. The second kappa shape index (κ2) is 6.54. The molecule has 2 aromatic carbocycles. The van der Waals surface area contributed by atoms with Crippen molar-refractivity contribution in [2.24, 2.45) is 0 Å². The molecule has 0 spiro atoms. The van der Waals surface area contributed by atoms with Crippen LogP contribution in [0.5, 0.6) is 11.5 Å². The minimum Gasteiger partial charge on any atom is -0.495 e. The van der Waals surface area contributed by atoms with E-state index in [2.05, 4.69) is 0 Å². The lowest BCUT2D eigenvalue weighted by atomic mass is 10.0. The van der Waals surface area contributed by atoms with E-state index in [4.69, 9.17) is 32.7 Å². The van der Waals surface area contributed by atoms with E-state index >= 15 is 0 Å². The Morgan fingerprint density at radius 1 is 1.05 bits per heavy atom. The van der Waals surface area contributed by atoms with Crippen molar-refractivity contribution in [2.45, 2.75) is 12.3 Å². The summed E-state index contributed by atoms with van der Waals surface area (Å²) in [5.74, 6) is 0.536. The lowest BCUT2D eigenvalue weighted by Crippen LogP contribution is -2.02. The van der Waals surface area contributed by atoms with Gasteiger partial charge in [0.1, 0.15) is 22.3 Å². The Balaban J connectivity index is 2.56. The minimum atomic E-state index is -0.705. The van der Waals surface area contributed by atoms with Crippen molar-refractivity contribution in [3.05, 3.63) is 57.9 Å². The Morgan fingerprint density at radius 2 is 1.76 bits per heavy atom. The summed E-state index contributed by atoms with van der Waals surface area (Å²) in [5, 5.41) is -0.389. The fourth-order valence-corrected chi connectivity index (χ4v) is 2.82. The quantitative estimate of drug-likeness (QED) is 0.724. The standard InChI is InChI=1S/C16H15Cl2FO2/c1-9-5-4-6-10(15(9)19)13(17)11-7-8-12(20-2)14(18)16(11)21-3/h4-8,13H,1-3H3. The molecule has 0 aliphatic carbocycles. The molecule has 0 aliphatic rings. The van der Waals surface area contributed by atoms with Crippen LogP contribution in [0.4, 0.5) is 4.39 Å². The highest BCUT2D eigenvalue weighted by molar-refractivity contribution is 6.34. The molecule has 0 fully saturated rings. The molecule has 0 aliphatic heterocycles. The van der Waals surface area contributed by atoms with E-state index in [1.807, 2.05) is 0 Å². The van der Waals surface area contributed by atoms with E-state index < -0.39 is 5.38 Å². The fourth-order valence-electron chi connectivity index (χ4n) is 2.15. The highest BCUT2D eigenvalue weighted by atomic mass is 35.5. The molecule has 0 saturated carbocycles. The third kappa shape index (κ3) is 2.94. The van der Waals surface area contributed by atoms with Crippen molar-refractivity contribution in [1.29, 1.82) is 0 Å². The van der Waals surface area contributed by atoms with Gasteiger partial charge in [-0.15, -0.1) is 11.6 Å². The third-order valence-corrected chi connectivity index (χ3v) is 4.11. The number of rotatable bonds is 4. The Labute approximate surface area is 133 Å². The molecule has 21 heavy (non-hydrogen) atoms.